The first-order chi connectivity index (χ1) is 5.95. The summed E-state index contributed by atoms with van der Waals surface area (Å²) in [5.74, 6) is 2.12. The molecule has 1 aliphatic carbocycles. The summed E-state index contributed by atoms with van der Waals surface area (Å²) in [7, 11) is 0. The summed E-state index contributed by atoms with van der Waals surface area (Å²) in [6.45, 7) is 2.60. The lowest BCUT2D eigenvalue weighted by atomic mass is 9.86. The minimum atomic E-state index is 1.04. The van der Waals surface area contributed by atoms with Crippen molar-refractivity contribution in [2.45, 2.75) is 44.9 Å². The average Bonchev–Trinajstić information content (AvgIpc) is 2.24. The first kappa shape index (κ1) is 8.55. The second kappa shape index (κ2) is 4.27. The lowest BCUT2D eigenvalue weighted by molar-refractivity contribution is 0.260. The highest BCUT2D eigenvalue weighted by atomic mass is 14.9. The predicted octanol–water partition coefficient (Wildman–Crippen LogP) is 2.57. The molecule has 0 aromatic carbocycles. The average molecular weight is 167 g/mol. The molecule has 0 unspecified atom stereocenters. The number of hydrogen-bond donors (Lipinski definition) is 1. The van der Waals surface area contributed by atoms with Gasteiger partial charge in [-0.2, -0.15) is 0 Å². The van der Waals surface area contributed by atoms with E-state index in [9.17, 15) is 0 Å². The maximum atomic E-state index is 3.37. The third-order valence-electron chi connectivity index (χ3n) is 3.51. The molecule has 70 valence electrons. The standard InChI is InChI=1S/C11H21N/c1-2-4-6-10(5-3-1)7-11-8-12-9-11/h10-12H,1-9H2. The summed E-state index contributed by atoms with van der Waals surface area (Å²) in [5, 5.41) is 3.37. The molecule has 0 bridgehead atoms. The maximum absolute atomic E-state index is 3.37. The Balaban J connectivity index is 1.69. The lowest BCUT2D eigenvalue weighted by Crippen LogP contribution is -2.42. The zero-order valence-corrected chi connectivity index (χ0v) is 8.02. The van der Waals surface area contributed by atoms with Crippen molar-refractivity contribution in [1.29, 1.82) is 0 Å². The molecular weight excluding hydrogens is 146 g/mol. The van der Waals surface area contributed by atoms with Crippen LogP contribution in [0.3, 0.4) is 0 Å². The fourth-order valence-corrected chi connectivity index (χ4v) is 2.59. The summed E-state index contributed by atoms with van der Waals surface area (Å²) >= 11 is 0. The highest BCUT2D eigenvalue weighted by molar-refractivity contribution is 4.78. The Morgan fingerprint density at radius 2 is 1.50 bits per heavy atom. The molecule has 1 saturated carbocycles. The van der Waals surface area contributed by atoms with E-state index in [0.717, 1.165) is 11.8 Å². The van der Waals surface area contributed by atoms with Crippen molar-refractivity contribution in [3.8, 4) is 0 Å². The van der Waals surface area contributed by atoms with Gasteiger partial charge in [0.2, 0.25) is 0 Å². The molecule has 1 N–H and O–H groups in total. The Labute approximate surface area is 75.9 Å². The van der Waals surface area contributed by atoms with Crippen LogP contribution in [0.4, 0.5) is 0 Å². The Kier molecular flexibility index (Phi) is 3.04. The van der Waals surface area contributed by atoms with E-state index in [1.165, 1.54) is 58.0 Å². The highest BCUT2D eigenvalue weighted by Crippen LogP contribution is 2.29. The van der Waals surface area contributed by atoms with Crippen LogP contribution in [0.15, 0.2) is 0 Å². The summed E-state index contributed by atoms with van der Waals surface area (Å²) in [6, 6.07) is 0. The van der Waals surface area contributed by atoms with Crippen LogP contribution in [0, 0.1) is 11.8 Å². The van der Waals surface area contributed by atoms with Gasteiger partial charge in [0, 0.05) is 0 Å². The van der Waals surface area contributed by atoms with E-state index in [1.54, 1.807) is 0 Å². The van der Waals surface area contributed by atoms with Gasteiger partial charge in [-0.15, -0.1) is 0 Å². The molecule has 1 heteroatoms. The molecule has 0 spiro atoms. The molecule has 1 saturated heterocycles. The Morgan fingerprint density at radius 1 is 0.833 bits per heavy atom. The van der Waals surface area contributed by atoms with Crippen LogP contribution in [0.2, 0.25) is 0 Å². The molecule has 2 aliphatic rings. The van der Waals surface area contributed by atoms with Gasteiger partial charge in [0.15, 0.2) is 0 Å². The van der Waals surface area contributed by atoms with Gasteiger partial charge in [0.25, 0.3) is 0 Å². The third kappa shape index (κ3) is 2.22. The van der Waals surface area contributed by atoms with Gasteiger partial charge in [-0.05, 0) is 31.3 Å². The quantitative estimate of drug-likeness (QED) is 0.623. The molecule has 0 aromatic rings. The van der Waals surface area contributed by atoms with Crippen molar-refractivity contribution in [1.82, 2.24) is 5.32 Å². The zero-order valence-electron chi connectivity index (χ0n) is 8.02. The van der Waals surface area contributed by atoms with Crippen molar-refractivity contribution in [3.63, 3.8) is 0 Å². The van der Waals surface area contributed by atoms with Crippen LogP contribution in [0.25, 0.3) is 0 Å². The highest BCUT2D eigenvalue weighted by Gasteiger charge is 2.21. The number of hydrogen-bond acceptors (Lipinski definition) is 1. The van der Waals surface area contributed by atoms with E-state index in [1.807, 2.05) is 0 Å². The van der Waals surface area contributed by atoms with E-state index in [-0.39, 0.29) is 0 Å². The fraction of sp³-hybridized carbons (Fsp3) is 1.00. The van der Waals surface area contributed by atoms with Crippen LogP contribution in [0.1, 0.15) is 44.9 Å². The number of rotatable bonds is 2. The van der Waals surface area contributed by atoms with E-state index in [4.69, 9.17) is 0 Å². The van der Waals surface area contributed by atoms with Gasteiger partial charge in [0.05, 0.1) is 0 Å². The molecule has 0 aromatic heterocycles. The zero-order chi connectivity index (χ0) is 8.23. The molecule has 1 heterocycles. The lowest BCUT2D eigenvalue weighted by Gasteiger charge is -2.30. The van der Waals surface area contributed by atoms with Gasteiger partial charge in [-0.25, -0.2) is 0 Å². The Hall–Kier alpha value is -0.0400. The van der Waals surface area contributed by atoms with Crippen molar-refractivity contribution in [3.05, 3.63) is 0 Å². The first-order valence-corrected chi connectivity index (χ1v) is 5.66. The van der Waals surface area contributed by atoms with Gasteiger partial charge >= 0.3 is 0 Å². The molecule has 0 atom stereocenters. The smallest absolute Gasteiger partial charge is 0.000815 e. The fourth-order valence-electron chi connectivity index (χ4n) is 2.59. The molecule has 12 heavy (non-hydrogen) atoms. The second-order valence-corrected chi connectivity index (χ2v) is 4.62. The normalized spacial score (nSPS) is 28.0. The molecule has 2 fully saturated rings. The van der Waals surface area contributed by atoms with Crippen molar-refractivity contribution < 1.29 is 0 Å². The summed E-state index contributed by atoms with van der Waals surface area (Å²) < 4.78 is 0. The number of nitrogens with one attached hydrogen (secondary N) is 1. The summed E-state index contributed by atoms with van der Waals surface area (Å²) in [6.07, 6.45) is 10.6. The monoisotopic (exact) mass is 167 g/mol. The van der Waals surface area contributed by atoms with Crippen LogP contribution in [0.5, 0.6) is 0 Å². The van der Waals surface area contributed by atoms with Gasteiger partial charge in [-0.3, -0.25) is 0 Å². The Morgan fingerprint density at radius 3 is 2.00 bits per heavy atom. The molecule has 2 rings (SSSR count). The molecular formula is C11H21N. The van der Waals surface area contributed by atoms with E-state index in [0.29, 0.717) is 0 Å². The van der Waals surface area contributed by atoms with Crippen LogP contribution < -0.4 is 5.32 Å². The predicted molar refractivity (Wildman–Crippen MR) is 52.2 cm³/mol. The van der Waals surface area contributed by atoms with Crippen LogP contribution >= 0.6 is 0 Å². The minimum absolute atomic E-state index is 1.04. The van der Waals surface area contributed by atoms with E-state index >= 15 is 0 Å². The van der Waals surface area contributed by atoms with Crippen molar-refractivity contribution >= 4 is 0 Å². The van der Waals surface area contributed by atoms with Crippen LogP contribution in [-0.4, -0.2) is 13.1 Å². The minimum Gasteiger partial charge on any atom is -0.316 e. The summed E-state index contributed by atoms with van der Waals surface area (Å²) in [4.78, 5) is 0. The van der Waals surface area contributed by atoms with Crippen molar-refractivity contribution in [2.75, 3.05) is 13.1 Å². The molecule has 0 amide bonds. The summed E-state index contributed by atoms with van der Waals surface area (Å²) in [5.41, 5.74) is 0. The van der Waals surface area contributed by atoms with Gasteiger partial charge in [-0.1, -0.05) is 38.5 Å². The molecule has 0 radical (unpaired) electrons. The third-order valence-corrected chi connectivity index (χ3v) is 3.51. The maximum Gasteiger partial charge on any atom is -0.000815 e. The SMILES string of the molecule is C1CCCC(CC2CNC2)CC1. The van der Waals surface area contributed by atoms with Gasteiger partial charge < -0.3 is 5.32 Å². The Bertz CT molecular complexity index is 121. The van der Waals surface area contributed by atoms with Crippen LogP contribution in [-0.2, 0) is 0 Å². The van der Waals surface area contributed by atoms with E-state index < -0.39 is 0 Å². The van der Waals surface area contributed by atoms with E-state index in [2.05, 4.69) is 5.32 Å². The van der Waals surface area contributed by atoms with Crippen molar-refractivity contribution in [2.24, 2.45) is 11.8 Å². The molecule has 1 aliphatic heterocycles. The molecule has 1 nitrogen and oxygen atoms in total. The first-order valence-electron chi connectivity index (χ1n) is 5.66. The second-order valence-electron chi connectivity index (χ2n) is 4.62. The largest absolute Gasteiger partial charge is 0.316 e. The van der Waals surface area contributed by atoms with Gasteiger partial charge in [0.1, 0.15) is 0 Å². The topological polar surface area (TPSA) is 12.0 Å².